The molecule has 3 aromatic rings. The minimum Gasteiger partial charge on any atom is -1.00 e. The van der Waals surface area contributed by atoms with Gasteiger partial charge in [-0.1, -0.05) is 43.2 Å². The van der Waals surface area contributed by atoms with Crippen molar-refractivity contribution in [2.45, 2.75) is 45.1 Å². The number of carbonyl (C=O) groups is 1. The van der Waals surface area contributed by atoms with Gasteiger partial charge in [0.1, 0.15) is 6.54 Å². The summed E-state index contributed by atoms with van der Waals surface area (Å²) in [5.74, 6) is -0.293. The standard InChI is InChI=1S/C21H24N2O2.ClH/c24-21(22-25)14-4-2-1-3-9-15-23-16-17-10-5-6-11-18(17)19-12-7-8-13-20(19)23;/h5-8,10-13,16H,1-4,9,14-15H2,(H-,22,24,25);1H. The number of amides is 1. The van der Waals surface area contributed by atoms with Gasteiger partial charge in [0.05, 0.1) is 5.39 Å². The van der Waals surface area contributed by atoms with Crippen LogP contribution in [0.2, 0.25) is 0 Å². The summed E-state index contributed by atoms with van der Waals surface area (Å²) in [5, 5.41) is 12.3. The van der Waals surface area contributed by atoms with Crippen LogP contribution in [-0.4, -0.2) is 11.1 Å². The van der Waals surface area contributed by atoms with E-state index in [4.69, 9.17) is 5.21 Å². The molecule has 0 aliphatic heterocycles. The van der Waals surface area contributed by atoms with E-state index in [0.717, 1.165) is 38.6 Å². The van der Waals surface area contributed by atoms with E-state index >= 15 is 0 Å². The highest BCUT2D eigenvalue weighted by Crippen LogP contribution is 2.22. The van der Waals surface area contributed by atoms with E-state index in [1.165, 1.54) is 21.7 Å². The highest BCUT2D eigenvalue weighted by molar-refractivity contribution is 6.03. The molecule has 0 fully saturated rings. The van der Waals surface area contributed by atoms with Crippen molar-refractivity contribution in [2.24, 2.45) is 0 Å². The van der Waals surface area contributed by atoms with Crippen molar-refractivity contribution in [3.8, 4) is 0 Å². The van der Waals surface area contributed by atoms with Crippen LogP contribution in [0.15, 0.2) is 54.7 Å². The van der Waals surface area contributed by atoms with Gasteiger partial charge in [0.25, 0.3) is 0 Å². The normalized spacial score (nSPS) is 10.7. The molecule has 0 saturated heterocycles. The van der Waals surface area contributed by atoms with Gasteiger partial charge < -0.3 is 12.4 Å². The number of pyridine rings is 1. The first kappa shape index (κ1) is 20.1. The molecule has 0 spiro atoms. The number of fused-ring (bicyclic) bond motifs is 3. The zero-order valence-corrected chi connectivity index (χ0v) is 15.6. The van der Waals surface area contributed by atoms with Crippen LogP contribution in [0.3, 0.4) is 0 Å². The molecule has 26 heavy (non-hydrogen) atoms. The number of benzene rings is 2. The number of hydrogen-bond donors (Lipinski definition) is 2. The van der Waals surface area contributed by atoms with Crippen LogP contribution in [0, 0.1) is 0 Å². The minimum absolute atomic E-state index is 0. The Morgan fingerprint density at radius 3 is 2.35 bits per heavy atom. The summed E-state index contributed by atoms with van der Waals surface area (Å²) in [6.07, 6.45) is 7.90. The van der Waals surface area contributed by atoms with Crippen LogP contribution >= 0.6 is 0 Å². The number of para-hydroxylation sites is 1. The third-order valence-electron chi connectivity index (χ3n) is 4.69. The monoisotopic (exact) mass is 372 g/mol. The molecule has 0 unspecified atom stereocenters. The summed E-state index contributed by atoms with van der Waals surface area (Å²) in [7, 11) is 0. The summed E-state index contributed by atoms with van der Waals surface area (Å²) in [6.45, 7) is 1.00. The number of carbonyl (C=O) groups excluding carboxylic acids is 1. The third kappa shape index (κ3) is 4.93. The lowest BCUT2D eigenvalue weighted by Crippen LogP contribution is -3.00. The fourth-order valence-electron chi connectivity index (χ4n) is 3.38. The second-order valence-corrected chi connectivity index (χ2v) is 6.48. The number of unbranched alkanes of at least 4 members (excludes halogenated alkanes) is 4. The maximum atomic E-state index is 11.0. The molecule has 0 aliphatic carbocycles. The average molecular weight is 373 g/mol. The van der Waals surface area contributed by atoms with Crippen LogP contribution in [0.25, 0.3) is 21.7 Å². The number of aryl methyl sites for hydroxylation is 1. The van der Waals surface area contributed by atoms with Gasteiger partial charge in [-0.2, -0.15) is 4.57 Å². The Bertz CT molecular complexity index is 867. The zero-order valence-electron chi connectivity index (χ0n) is 14.8. The van der Waals surface area contributed by atoms with Gasteiger partial charge in [0.15, 0.2) is 6.20 Å². The molecule has 0 aliphatic rings. The molecule has 5 heteroatoms. The van der Waals surface area contributed by atoms with E-state index in [9.17, 15) is 4.79 Å². The number of hydroxylamine groups is 1. The van der Waals surface area contributed by atoms with Gasteiger partial charge >= 0.3 is 0 Å². The van der Waals surface area contributed by atoms with Crippen LogP contribution in [-0.2, 0) is 11.3 Å². The lowest BCUT2D eigenvalue weighted by molar-refractivity contribution is -0.670. The molecule has 4 nitrogen and oxygen atoms in total. The van der Waals surface area contributed by atoms with Gasteiger partial charge in [-0.05, 0) is 25.0 Å². The summed E-state index contributed by atoms with van der Waals surface area (Å²) in [4.78, 5) is 11.0. The van der Waals surface area contributed by atoms with Gasteiger partial charge in [0.2, 0.25) is 11.4 Å². The Kier molecular flexibility index (Phi) is 7.82. The van der Waals surface area contributed by atoms with Crippen molar-refractivity contribution in [3.63, 3.8) is 0 Å². The Morgan fingerprint density at radius 2 is 1.54 bits per heavy atom. The molecule has 138 valence electrons. The number of rotatable bonds is 8. The molecule has 0 radical (unpaired) electrons. The summed E-state index contributed by atoms with van der Waals surface area (Å²) >= 11 is 0. The van der Waals surface area contributed by atoms with E-state index in [1.807, 2.05) is 0 Å². The lowest BCUT2D eigenvalue weighted by Gasteiger charge is -2.06. The molecule has 2 aromatic carbocycles. The predicted molar refractivity (Wildman–Crippen MR) is 99.3 cm³/mol. The second-order valence-electron chi connectivity index (χ2n) is 6.48. The van der Waals surface area contributed by atoms with Crippen LogP contribution in [0.1, 0.15) is 38.5 Å². The highest BCUT2D eigenvalue weighted by atomic mass is 35.5. The Labute approximate surface area is 160 Å². The molecule has 0 saturated carbocycles. The van der Waals surface area contributed by atoms with Gasteiger partial charge in [-0.15, -0.1) is 0 Å². The fraction of sp³-hybridized carbons (Fsp3) is 0.333. The van der Waals surface area contributed by atoms with Crippen molar-refractivity contribution in [1.29, 1.82) is 0 Å². The Hall–Kier alpha value is -2.17. The topological polar surface area (TPSA) is 53.2 Å². The molecule has 1 amide bonds. The van der Waals surface area contributed by atoms with E-state index in [1.54, 1.807) is 5.48 Å². The maximum Gasteiger partial charge on any atom is 0.243 e. The van der Waals surface area contributed by atoms with Crippen LogP contribution in [0.5, 0.6) is 0 Å². The molecule has 0 bridgehead atoms. The minimum atomic E-state index is -0.293. The first-order chi connectivity index (χ1) is 12.3. The van der Waals surface area contributed by atoms with Crippen molar-refractivity contribution in [3.05, 3.63) is 54.7 Å². The largest absolute Gasteiger partial charge is 1.00 e. The van der Waals surface area contributed by atoms with Crippen molar-refractivity contribution >= 4 is 27.6 Å². The molecule has 1 heterocycles. The number of nitrogens with zero attached hydrogens (tertiary/aromatic N) is 1. The highest BCUT2D eigenvalue weighted by Gasteiger charge is 2.12. The molecular formula is C21H25ClN2O2. The summed E-state index contributed by atoms with van der Waals surface area (Å²) < 4.78 is 2.36. The molecular weight excluding hydrogens is 348 g/mol. The first-order valence-corrected chi connectivity index (χ1v) is 9.02. The number of hydrogen-bond acceptors (Lipinski definition) is 2. The van der Waals surface area contributed by atoms with Gasteiger partial charge in [0, 0.05) is 29.7 Å². The number of aromatic nitrogens is 1. The van der Waals surface area contributed by atoms with Gasteiger partial charge in [-0.25, -0.2) is 5.48 Å². The molecule has 2 N–H and O–H groups in total. The van der Waals surface area contributed by atoms with Crippen molar-refractivity contribution < 1.29 is 27.0 Å². The number of nitrogens with one attached hydrogen (secondary N) is 1. The molecule has 3 rings (SSSR count). The third-order valence-corrected chi connectivity index (χ3v) is 4.69. The quantitative estimate of drug-likeness (QED) is 0.205. The maximum absolute atomic E-state index is 11.0. The molecule has 0 atom stereocenters. The fourth-order valence-corrected chi connectivity index (χ4v) is 3.38. The molecule has 1 aromatic heterocycles. The summed E-state index contributed by atoms with van der Waals surface area (Å²) in [6, 6.07) is 17.1. The zero-order chi connectivity index (χ0) is 17.5. The first-order valence-electron chi connectivity index (χ1n) is 9.02. The van der Waals surface area contributed by atoms with Crippen LogP contribution < -0.4 is 22.5 Å². The lowest BCUT2D eigenvalue weighted by atomic mass is 10.1. The Balaban J connectivity index is 0.00000243. The van der Waals surface area contributed by atoms with E-state index in [0.29, 0.717) is 6.42 Å². The predicted octanol–water partition coefficient (Wildman–Crippen LogP) is 1.13. The SMILES string of the molecule is O=C(CCCCCCC[n+]1cc2ccccc2c2ccccc21)NO.[Cl-]. The summed E-state index contributed by atoms with van der Waals surface area (Å²) in [5.41, 5.74) is 2.96. The Morgan fingerprint density at radius 1 is 0.885 bits per heavy atom. The smallest absolute Gasteiger partial charge is 0.243 e. The number of halogens is 1. The van der Waals surface area contributed by atoms with Crippen LogP contribution in [0.4, 0.5) is 0 Å². The van der Waals surface area contributed by atoms with E-state index < -0.39 is 0 Å². The van der Waals surface area contributed by atoms with Crippen molar-refractivity contribution in [1.82, 2.24) is 5.48 Å². The van der Waals surface area contributed by atoms with E-state index in [-0.39, 0.29) is 18.3 Å². The van der Waals surface area contributed by atoms with Crippen molar-refractivity contribution in [2.75, 3.05) is 0 Å². The average Bonchev–Trinajstić information content (AvgIpc) is 2.67. The van der Waals surface area contributed by atoms with Gasteiger partial charge in [-0.3, -0.25) is 10.0 Å². The second kappa shape index (κ2) is 10.1. The van der Waals surface area contributed by atoms with E-state index in [2.05, 4.69) is 59.3 Å².